The van der Waals surface area contributed by atoms with Gasteiger partial charge in [-0.1, -0.05) is 26.0 Å². The first-order valence-electron chi connectivity index (χ1n) is 7.16. The van der Waals surface area contributed by atoms with E-state index in [4.69, 9.17) is 4.74 Å². The smallest absolute Gasteiger partial charge is 0.119 e. The Labute approximate surface area is 111 Å². The first-order chi connectivity index (χ1) is 8.74. The van der Waals surface area contributed by atoms with E-state index in [1.807, 2.05) is 0 Å². The van der Waals surface area contributed by atoms with Crippen LogP contribution in [0.15, 0.2) is 24.3 Å². The van der Waals surface area contributed by atoms with Gasteiger partial charge in [-0.3, -0.25) is 0 Å². The predicted molar refractivity (Wildman–Crippen MR) is 75.8 cm³/mol. The normalized spacial score (nSPS) is 15.1. The number of hydrogen-bond donors (Lipinski definition) is 1. The van der Waals surface area contributed by atoms with Crippen molar-refractivity contribution in [1.29, 1.82) is 0 Å². The fourth-order valence-corrected chi connectivity index (χ4v) is 1.86. The highest BCUT2D eigenvalue weighted by Gasteiger charge is 2.19. The Hall–Kier alpha value is -1.02. The van der Waals surface area contributed by atoms with E-state index in [1.165, 1.54) is 24.9 Å². The molecule has 2 heteroatoms. The van der Waals surface area contributed by atoms with Crippen LogP contribution in [0.25, 0.3) is 0 Å². The Morgan fingerprint density at radius 2 is 1.94 bits per heavy atom. The van der Waals surface area contributed by atoms with Crippen LogP contribution in [0, 0.1) is 11.8 Å². The van der Waals surface area contributed by atoms with Crippen molar-refractivity contribution in [3.05, 3.63) is 29.8 Å². The topological polar surface area (TPSA) is 21.3 Å². The van der Waals surface area contributed by atoms with E-state index in [0.717, 1.165) is 31.2 Å². The summed E-state index contributed by atoms with van der Waals surface area (Å²) in [5, 5.41) is 3.50. The number of ether oxygens (including phenoxy) is 1. The zero-order valence-corrected chi connectivity index (χ0v) is 11.6. The monoisotopic (exact) mass is 247 g/mol. The van der Waals surface area contributed by atoms with Crippen molar-refractivity contribution in [1.82, 2.24) is 5.32 Å². The lowest BCUT2D eigenvalue weighted by Crippen LogP contribution is -2.15. The summed E-state index contributed by atoms with van der Waals surface area (Å²) in [5.41, 5.74) is 1.34. The van der Waals surface area contributed by atoms with Gasteiger partial charge < -0.3 is 10.1 Å². The van der Waals surface area contributed by atoms with Gasteiger partial charge in [-0.25, -0.2) is 0 Å². The summed E-state index contributed by atoms with van der Waals surface area (Å²) < 4.78 is 5.70. The van der Waals surface area contributed by atoms with Crippen LogP contribution in [-0.4, -0.2) is 13.2 Å². The van der Waals surface area contributed by atoms with Gasteiger partial charge in [-0.05, 0) is 55.3 Å². The maximum absolute atomic E-state index is 5.70. The number of benzene rings is 1. The van der Waals surface area contributed by atoms with Crippen molar-refractivity contribution >= 4 is 0 Å². The molecule has 0 aromatic heterocycles. The molecule has 0 bridgehead atoms. The average Bonchev–Trinajstić information content (AvgIpc) is 3.15. The van der Waals surface area contributed by atoms with Crippen LogP contribution >= 0.6 is 0 Å². The molecule has 0 heterocycles. The molecule has 2 rings (SSSR count). The SMILES string of the molecule is CC(C)CCOc1ccc(CNCC2CC2)cc1. The highest BCUT2D eigenvalue weighted by Crippen LogP contribution is 2.27. The first-order valence-corrected chi connectivity index (χ1v) is 7.16. The molecule has 0 spiro atoms. The van der Waals surface area contributed by atoms with Gasteiger partial charge in [-0.2, -0.15) is 0 Å². The maximum atomic E-state index is 5.70. The molecule has 0 atom stereocenters. The molecule has 0 unspecified atom stereocenters. The summed E-state index contributed by atoms with van der Waals surface area (Å²) >= 11 is 0. The Balaban J connectivity index is 1.67. The van der Waals surface area contributed by atoms with Crippen molar-refractivity contribution in [3.63, 3.8) is 0 Å². The average molecular weight is 247 g/mol. The third kappa shape index (κ3) is 5.09. The summed E-state index contributed by atoms with van der Waals surface area (Å²) in [6, 6.07) is 8.47. The fraction of sp³-hybridized carbons (Fsp3) is 0.625. The standard InChI is InChI=1S/C16H25NO/c1-13(2)9-10-18-16-7-5-15(6-8-16)12-17-11-14-3-4-14/h5-8,13-14,17H,3-4,9-12H2,1-2H3. The lowest BCUT2D eigenvalue weighted by molar-refractivity contribution is 0.289. The molecule has 1 aromatic rings. The second-order valence-electron chi connectivity index (χ2n) is 5.75. The van der Waals surface area contributed by atoms with Crippen LogP contribution in [0.1, 0.15) is 38.7 Å². The Morgan fingerprint density at radius 3 is 2.56 bits per heavy atom. The predicted octanol–water partition coefficient (Wildman–Crippen LogP) is 3.61. The van der Waals surface area contributed by atoms with Crippen LogP contribution in [0.2, 0.25) is 0 Å². The molecular weight excluding hydrogens is 222 g/mol. The molecule has 0 aliphatic heterocycles. The fourth-order valence-electron chi connectivity index (χ4n) is 1.86. The molecule has 2 nitrogen and oxygen atoms in total. The molecular formula is C16H25NO. The maximum Gasteiger partial charge on any atom is 0.119 e. The van der Waals surface area contributed by atoms with Crippen LogP contribution in [0.5, 0.6) is 5.75 Å². The van der Waals surface area contributed by atoms with Crippen molar-refractivity contribution < 1.29 is 4.74 Å². The third-order valence-corrected chi connectivity index (χ3v) is 3.35. The Bertz CT molecular complexity index is 314. The zero-order chi connectivity index (χ0) is 12.8. The molecule has 1 aliphatic carbocycles. The molecule has 0 amide bonds. The molecule has 1 N–H and O–H groups in total. The summed E-state index contributed by atoms with van der Waals surface area (Å²) in [7, 11) is 0. The van der Waals surface area contributed by atoms with Gasteiger partial charge in [0.25, 0.3) is 0 Å². The zero-order valence-electron chi connectivity index (χ0n) is 11.6. The molecule has 1 aromatic carbocycles. The minimum Gasteiger partial charge on any atom is -0.494 e. The van der Waals surface area contributed by atoms with Crippen LogP contribution < -0.4 is 10.1 Å². The minimum absolute atomic E-state index is 0.705. The van der Waals surface area contributed by atoms with E-state index in [-0.39, 0.29) is 0 Å². The summed E-state index contributed by atoms with van der Waals surface area (Å²) in [4.78, 5) is 0. The molecule has 1 saturated carbocycles. The van der Waals surface area contributed by atoms with Crippen LogP contribution in [0.4, 0.5) is 0 Å². The van der Waals surface area contributed by atoms with E-state index < -0.39 is 0 Å². The molecule has 18 heavy (non-hydrogen) atoms. The molecule has 0 saturated heterocycles. The highest BCUT2D eigenvalue weighted by molar-refractivity contribution is 5.27. The van der Waals surface area contributed by atoms with Crippen molar-refractivity contribution in [2.75, 3.05) is 13.2 Å². The minimum atomic E-state index is 0.705. The van der Waals surface area contributed by atoms with Gasteiger partial charge in [0.05, 0.1) is 6.61 Å². The van der Waals surface area contributed by atoms with Gasteiger partial charge in [-0.15, -0.1) is 0 Å². The van der Waals surface area contributed by atoms with Gasteiger partial charge in [0.1, 0.15) is 5.75 Å². The lowest BCUT2D eigenvalue weighted by Gasteiger charge is -2.09. The van der Waals surface area contributed by atoms with Gasteiger partial charge in [0, 0.05) is 6.54 Å². The van der Waals surface area contributed by atoms with E-state index in [9.17, 15) is 0 Å². The van der Waals surface area contributed by atoms with Gasteiger partial charge >= 0.3 is 0 Å². The summed E-state index contributed by atoms with van der Waals surface area (Å²) in [5.74, 6) is 2.64. The molecule has 1 fully saturated rings. The van der Waals surface area contributed by atoms with Gasteiger partial charge in [0.15, 0.2) is 0 Å². The lowest BCUT2D eigenvalue weighted by atomic mass is 10.1. The third-order valence-electron chi connectivity index (χ3n) is 3.35. The molecule has 0 radical (unpaired) electrons. The van der Waals surface area contributed by atoms with Crippen molar-refractivity contribution in [3.8, 4) is 5.75 Å². The number of hydrogen-bond acceptors (Lipinski definition) is 2. The second-order valence-corrected chi connectivity index (χ2v) is 5.75. The Kier molecular flexibility index (Phi) is 5.06. The summed E-state index contributed by atoms with van der Waals surface area (Å²) in [6.07, 6.45) is 3.94. The van der Waals surface area contributed by atoms with Crippen molar-refractivity contribution in [2.24, 2.45) is 11.8 Å². The van der Waals surface area contributed by atoms with Gasteiger partial charge in [0.2, 0.25) is 0 Å². The van der Waals surface area contributed by atoms with E-state index in [2.05, 4.69) is 43.4 Å². The highest BCUT2D eigenvalue weighted by atomic mass is 16.5. The molecule has 1 aliphatic rings. The number of rotatable bonds is 8. The van der Waals surface area contributed by atoms with E-state index in [0.29, 0.717) is 5.92 Å². The summed E-state index contributed by atoms with van der Waals surface area (Å²) in [6.45, 7) is 7.41. The van der Waals surface area contributed by atoms with E-state index in [1.54, 1.807) is 0 Å². The number of nitrogens with one attached hydrogen (secondary N) is 1. The van der Waals surface area contributed by atoms with Crippen molar-refractivity contribution in [2.45, 2.75) is 39.7 Å². The van der Waals surface area contributed by atoms with Crippen LogP contribution in [0.3, 0.4) is 0 Å². The largest absolute Gasteiger partial charge is 0.494 e. The quantitative estimate of drug-likeness (QED) is 0.757. The Morgan fingerprint density at radius 1 is 1.22 bits per heavy atom. The molecule has 100 valence electrons. The van der Waals surface area contributed by atoms with Crippen LogP contribution in [-0.2, 0) is 6.54 Å². The second kappa shape index (κ2) is 6.79. The van der Waals surface area contributed by atoms with E-state index >= 15 is 0 Å². The first kappa shape index (κ1) is 13.4.